The van der Waals surface area contributed by atoms with Gasteiger partial charge in [0.15, 0.2) is 0 Å². The van der Waals surface area contributed by atoms with Gasteiger partial charge < -0.3 is 14.7 Å². The molecule has 1 N–H and O–H groups in total. The summed E-state index contributed by atoms with van der Waals surface area (Å²) in [5.74, 6) is 0.714. The normalized spacial score (nSPS) is 16.3. The van der Waals surface area contributed by atoms with Gasteiger partial charge in [-0.3, -0.25) is 4.79 Å². The number of carbonyl (C=O) groups is 1. The molecule has 4 nitrogen and oxygen atoms in total. The second-order valence-electron chi connectivity index (χ2n) is 5.79. The number of fused-ring (bicyclic) bond motifs is 1. The number of ether oxygens (including phenoxy) is 1. The third-order valence-corrected chi connectivity index (χ3v) is 4.13. The quantitative estimate of drug-likeness (QED) is 0.921. The Morgan fingerprint density at radius 2 is 1.87 bits per heavy atom. The molecule has 1 atom stereocenters. The van der Waals surface area contributed by atoms with Crippen LogP contribution in [0.2, 0.25) is 0 Å². The first kappa shape index (κ1) is 15.6. The second kappa shape index (κ2) is 7.29. The van der Waals surface area contributed by atoms with E-state index < -0.39 is 0 Å². The fourth-order valence-corrected chi connectivity index (χ4v) is 2.94. The molecule has 0 saturated carbocycles. The standard InChI is InChI=1S/C19H21NO3/c21-11-10-20(13-15-6-2-1-3-7-15)19(22)17-12-16-8-4-5-9-18(16)23-14-17/h1-9,17,21H,10-14H2. The van der Waals surface area contributed by atoms with Crippen molar-refractivity contribution < 1.29 is 14.6 Å². The van der Waals surface area contributed by atoms with Crippen molar-refractivity contribution in [2.75, 3.05) is 19.8 Å². The Balaban J connectivity index is 1.71. The van der Waals surface area contributed by atoms with E-state index in [-0.39, 0.29) is 18.4 Å². The highest BCUT2D eigenvalue weighted by Gasteiger charge is 2.29. The van der Waals surface area contributed by atoms with E-state index in [4.69, 9.17) is 4.74 Å². The first-order chi connectivity index (χ1) is 11.3. The third-order valence-electron chi connectivity index (χ3n) is 4.13. The Labute approximate surface area is 136 Å². The van der Waals surface area contributed by atoms with Crippen molar-refractivity contribution >= 4 is 5.91 Å². The molecule has 1 heterocycles. The van der Waals surface area contributed by atoms with Crippen LogP contribution in [0.25, 0.3) is 0 Å². The largest absolute Gasteiger partial charge is 0.492 e. The number of nitrogens with zero attached hydrogens (tertiary/aromatic N) is 1. The zero-order chi connectivity index (χ0) is 16.1. The lowest BCUT2D eigenvalue weighted by Gasteiger charge is -2.30. The Hall–Kier alpha value is -2.33. The molecule has 3 rings (SSSR count). The molecule has 1 aliphatic heterocycles. The first-order valence-corrected chi connectivity index (χ1v) is 7.92. The van der Waals surface area contributed by atoms with E-state index in [0.717, 1.165) is 16.9 Å². The van der Waals surface area contributed by atoms with Crippen molar-refractivity contribution in [1.29, 1.82) is 0 Å². The molecule has 2 aromatic rings. The molecule has 1 unspecified atom stereocenters. The van der Waals surface area contributed by atoms with Gasteiger partial charge >= 0.3 is 0 Å². The lowest BCUT2D eigenvalue weighted by Crippen LogP contribution is -2.41. The molecule has 1 aliphatic rings. The minimum atomic E-state index is -0.194. The van der Waals surface area contributed by atoms with E-state index in [1.165, 1.54) is 0 Å². The van der Waals surface area contributed by atoms with Crippen LogP contribution < -0.4 is 4.74 Å². The van der Waals surface area contributed by atoms with Gasteiger partial charge in [-0.15, -0.1) is 0 Å². The van der Waals surface area contributed by atoms with Crippen molar-refractivity contribution in [2.24, 2.45) is 5.92 Å². The average Bonchev–Trinajstić information content (AvgIpc) is 2.61. The summed E-state index contributed by atoms with van der Waals surface area (Å²) in [6.45, 7) is 1.21. The maximum absolute atomic E-state index is 12.8. The van der Waals surface area contributed by atoms with Crippen LogP contribution in [0.15, 0.2) is 54.6 Å². The maximum atomic E-state index is 12.8. The molecule has 120 valence electrons. The van der Waals surface area contributed by atoms with Gasteiger partial charge in [0.1, 0.15) is 12.4 Å². The minimum absolute atomic E-state index is 0.0390. The molecule has 0 saturated heterocycles. The van der Waals surface area contributed by atoms with Crippen LogP contribution in [0, 0.1) is 5.92 Å². The van der Waals surface area contributed by atoms with Crippen LogP contribution in [0.3, 0.4) is 0 Å². The van der Waals surface area contributed by atoms with E-state index >= 15 is 0 Å². The zero-order valence-corrected chi connectivity index (χ0v) is 13.0. The molecule has 0 bridgehead atoms. The number of aliphatic hydroxyl groups excluding tert-OH is 1. The molecule has 0 spiro atoms. The van der Waals surface area contributed by atoms with Crippen molar-refractivity contribution in [2.45, 2.75) is 13.0 Å². The molecule has 0 aromatic heterocycles. The summed E-state index contributed by atoms with van der Waals surface area (Å²) in [4.78, 5) is 14.6. The number of rotatable bonds is 5. The summed E-state index contributed by atoms with van der Waals surface area (Å²) in [7, 11) is 0. The Bertz CT molecular complexity index is 657. The number of aliphatic hydroxyl groups is 1. The third kappa shape index (κ3) is 3.71. The maximum Gasteiger partial charge on any atom is 0.229 e. The van der Waals surface area contributed by atoms with Crippen LogP contribution >= 0.6 is 0 Å². The summed E-state index contributed by atoms with van der Waals surface area (Å²) >= 11 is 0. The highest BCUT2D eigenvalue weighted by Crippen LogP contribution is 2.28. The monoisotopic (exact) mass is 311 g/mol. The summed E-state index contributed by atoms with van der Waals surface area (Å²) in [5, 5.41) is 9.29. The predicted molar refractivity (Wildman–Crippen MR) is 88.1 cm³/mol. The van der Waals surface area contributed by atoms with Crippen molar-refractivity contribution in [3.05, 3.63) is 65.7 Å². The Morgan fingerprint density at radius 1 is 1.13 bits per heavy atom. The van der Waals surface area contributed by atoms with Crippen LogP contribution in [0.5, 0.6) is 5.75 Å². The topological polar surface area (TPSA) is 49.8 Å². The number of para-hydroxylation sites is 1. The fourth-order valence-electron chi connectivity index (χ4n) is 2.94. The van der Waals surface area contributed by atoms with E-state index in [0.29, 0.717) is 26.1 Å². The van der Waals surface area contributed by atoms with E-state index in [9.17, 15) is 9.90 Å². The van der Waals surface area contributed by atoms with Crippen LogP contribution in [-0.2, 0) is 17.8 Å². The molecule has 23 heavy (non-hydrogen) atoms. The smallest absolute Gasteiger partial charge is 0.229 e. The lowest BCUT2D eigenvalue weighted by atomic mass is 9.95. The molecule has 4 heteroatoms. The summed E-state index contributed by atoms with van der Waals surface area (Å²) in [6, 6.07) is 17.7. The fraction of sp³-hybridized carbons (Fsp3) is 0.316. The van der Waals surface area contributed by atoms with Gasteiger partial charge in [-0.05, 0) is 23.6 Å². The number of benzene rings is 2. The summed E-state index contributed by atoms with van der Waals surface area (Å²) in [6.07, 6.45) is 0.686. The highest BCUT2D eigenvalue weighted by molar-refractivity contribution is 5.79. The lowest BCUT2D eigenvalue weighted by molar-refractivity contribution is -0.138. The van der Waals surface area contributed by atoms with Gasteiger partial charge in [0.25, 0.3) is 0 Å². The molecule has 0 fully saturated rings. The SMILES string of the molecule is O=C(C1COc2ccccc2C1)N(CCO)Cc1ccccc1. The summed E-state index contributed by atoms with van der Waals surface area (Å²) in [5.41, 5.74) is 2.13. The van der Waals surface area contributed by atoms with Gasteiger partial charge in [0, 0.05) is 13.1 Å². The van der Waals surface area contributed by atoms with Crippen molar-refractivity contribution in [1.82, 2.24) is 4.90 Å². The number of amides is 1. The molecular weight excluding hydrogens is 290 g/mol. The van der Waals surface area contributed by atoms with Crippen LogP contribution in [0.4, 0.5) is 0 Å². The first-order valence-electron chi connectivity index (χ1n) is 7.92. The number of hydrogen-bond acceptors (Lipinski definition) is 3. The van der Waals surface area contributed by atoms with Crippen molar-refractivity contribution in [3.8, 4) is 5.75 Å². The zero-order valence-electron chi connectivity index (χ0n) is 13.0. The minimum Gasteiger partial charge on any atom is -0.492 e. The van der Waals surface area contributed by atoms with Gasteiger partial charge in [0.2, 0.25) is 5.91 Å². The van der Waals surface area contributed by atoms with Crippen LogP contribution in [0.1, 0.15) is 11.1 Å². The molecule has 1 amide bonds. The predicted octanol–water partition coefficient (Wildman–Crippen LogP) is 2.26. The van der Waals surface area contributed by atoms with Gasteiger partial charge in [-0.2, -0.15) is 0 Å². The van der Waals surface area contributed by atoms with Crippen LogP contribution in [-0.4, -0.2) is 35.7 Å². The number of carbonyl (C=O) groups excluding carboxylic acids is 1. The highest BCUT2D eigenvalue weighted by atomic mass is 16.5. The molecule has 0 radical (unpaired) electrons. The Morgan fingerprint density at radius 3 is 2.65 bits per heavy atom. The summed E-state index contributed by atoms with van der Waals surface area (Å²) < 4.78 is 5.73. The molecule has 0 aliphatic carbocycles. The van der Waals surface area contributed by atoms with E-state index in [1.807, 2.05) is 54.6 Å². The van der Waals surface area contributed by atoms with E-state index in [2.05, 4.69) is 0 Å². The average molecular weight is 311 g/mol. The second-order valence-corrected chi connectivity index (χ2v) is 5.79. The molecular formula is C19H21NO3. The number of hydrogen-bond donors (Lipinski definition) is 1. The van der Waals surface area contributed by atoms with Gasteiger partial charge in [-0.1, -0.05) is 48.5 Å². The van der Waals surface area contributed by atoms with E-state index in [1.54, 1.807) is 4.90 Å². The van der Waals surface area contributed by atoms with Gasteiger partial charge in [0.05, 0.1) is 12.5 Å². The molecule has 2 aromatic carbocycles. The Kier molecular flexibility index (Phi) is 4.93. The van der Waals surface area contributed by atoms with Crippen molar-refractivity contribution in [3.63, 3.8) is 0 Å². The van der Waals surface area contributed by atoms with Gasteiger partial charge in [-0.25, -0.2) is 0 Å².